The number of ether oxygens (including phenoxy) is 1. The molecular weight excluding hydrogens is 406 g/mol. The molecule has 4 rings (SSSR count). The van der Waals surface area contributed by atoms with Crippen LogP contribution in [0.4, 0.5) is 5.69 Å². The zero-order valence-corrected chi connectivity index (χ0v) is 16.8. The summed E-state index contributed by atoms with van der Waals surface area (Å²) in [5.74, 6) is 0.704. The summed E-state index contributed by atoms with van der Waals surface area (Å²) < 4.78 is 6.02. The molecule has 0 aliphatic rings. The van der Waals surface area contributed by atoms with Gasteiger partial charge in [-0.05, 0) is 42.0 Å². The Kier molecular flexibility index (Phi) is 6.08. The third-order valence-electron chi connectivity index (χ3n) is 4.58. The molecular formula is C25H17N3O4. The number of rotatable bonds is 7. The van der Waals surface area contributed by atoms with E-state index in [0.717, 1.165) is 10.9 Å². The highest BCUT2D eigenvalue weighted by atomic mass is 16.6. The fraction of sp³-hybridized carbons (Fsp3) is 0. The van der Waals surface area contributed by atoms with Gasteiger partial charge in [0, 0.05) is 17.7 Å². The lowest BCUT2D eigenvalue weighted by Crippen LogP contribution is -1.93. The summed E-state index contributed by atoms with van der Waals surface area (Å²) in [6, 6.07) is 20.9. The van der Waals surface area contributed by atoms with E-state index in [1.807, 2.05) is 42.5 Å². The molecule has 0 amide bonds. The molecule has 0 fully saturated rings. The van der Waals surface area contributed by atoms with E-state index in [2.05, 4.69) is 9.97 Å². The maximum Gasteiger partial charge on any atom is 0.270 e. The maximum absolute atomic E-state index is 12.3. The second kappa shape index (κ2) is 9.44. The van der Waals surface area contributed by atoms with Gasteiger partial charge in [-0.3, -0.25) is 14.9 Å². The van der Waals surface area contributed by atoms with Crippen molar-refractivity contribution in [2.24, 2.45) is 0 Å². The molecule has 0 spiro atoms. The molecule has 156 valence electrons. The number of carbonyl (C=O) groups excluding carboxylic acids is 1. The van der Waals surface area contributed by atoms with Crippen LogP contribution in [0.15, 0.2) is 91.3 Å². The first kappa shape index (κ1) is 20.6. The smallest absolute Gasteiger partial charge is 0.270 e. The fourth-order valence-electron chi connectivity index (χ4n) is 3.02. The van der Waals surface area contributed by atoms with E-state index in [1.54, 1.807) is 24.3 Å². The van der Waals surface area contributed by atoms with E-state index in [-0.39, 0.29) is 11.5 Å². The molecule has 0 saturated carbocycles. The van der Waals surface area contributed by atoms with Crippen LogP contribution in [0.2, 0.25) is 0 Å². The van der Waals surface area contributed by atoms with Crippen molar-refractivity contribution < 1.29 is 14.5 Å². The van der Waals surface area contributed by atoms with Crippen molar-refractivity contribution in [3.63, 3.8) is 0 Å². The van der Waals surface area contributed by atoms with Gasteiger partial charge in [0.1, 0.15) is 12.1 Å². The van der Waals surface area contributed by atoms with E-state index in [0.29, 0.717) is 22.8 Å². The van der Waals surface area contributed by atoms with Gasteiger partial charge in [0.15, 0.2) is 5.78 Å². The molecule has 1 aromatic heterocycles. The largest absolute Gasteiger partial charge is 0.438 e. The standard InChI is InChI=1S/C25H17N3O4/c29-21(14-12-18-6-5-8-20(16-18)28(30)31)15-13-19-7-1-4-11-24(19)32-25-22-9-2-3-10-23(22)26-17-27-25/h1-17H. The average Bonchev–Trinajstić information content (AvgIpc) is 2.82. The molecule has 0 unspecified atom stereocenters. The van der Waals surface area contributed by atoms with Crippen LogP contribution in [0.3, 0.4) is 0 Å². The molecule has 0 radical (unpaired) electrons. The Morgan fingerprint density at radius 1 is 0.906 bits per heavy atom. The molecule has 3 aromatic carbocycles. The molecule has 7 heteroatoms. The summed E-state index contributed by atoms with van der Waals surface area (Å²) >= 11 is 0. The normalized spacial score (nSPS) is 11.2. The average molecular weight is 423 g/mol. The number of nitrogens with zero attached hydrogens (tertiary/aromatic N) is 3. The minimum absolute atomic E-state index is 0.0292. The van der Waals surface area contributed by atoms with Gasteiger partial charge in [-0.15, -0.1) is 0 Å². The number of ketones is 1. The molecule has 0 saturated heterocycles. The third-order valence-corrected chi connectivity index (χ3v) is 4.58. The van der Waals surface area contributed by atoms with E-state index >= 15 is 0 Å². The van der Waals surface area contributed by atoms with E-state index in [4.69, 9.17) is 4.74 Å². The Balaban J connectivity index is 1.52. The summed E-state index contributed by atoms with van der Waals surface area (Å²) in [6.07, 6.45) is 7.40. The van der Waals surface area contributed by atoms with Crippen molar-refractivity contribution in [3.8, 4) is 11.6 Å². The quantitative estimate of drug-likeness (QED) is 0.217. The number of hydrogen-bond donors (Lipinski definition) is 0. The number of non-ortho nitro benzene ring substituents is 1. The summed E-state index contributed by atoms with van der Waals surface area (Å²) in [5, 5.41) is 11.7. The van der Waals surface area contributed by atoms with Crippen LogP contribution in [0.25, 0.3) is 23.1 Å². The van der Waals surface area contributed by atoms with Crippen molar-refractivity contribution in [1.29, 1.82) is 0 Å². The van der Waals surface area contributed by atoms with Gasteiger partial charge in [0.05, 0.1) is 15.8 Å². The predicted molar refractivity (Wildman–Crippen MR) is 122 cm³/mol. The lowest BCUT2D eigenvalue weighted by molar-refractivity contribution is -0.384. The minimum Gasteiger partial charge on any atom is -0.438 e. The second-order valence-electron chi connectivity index (χ2n) is 6.76. The molecule has 7 nitrogen and oxygen atoms in total. The Hall–Kier alpha value is -4.65. The SMILES string of the molecule is O=C(C=Cc1cccc([N+](=O)[O-])c1)C=Cc1ccccc1Oc1ncnc2ccccc12. The Morgan fingerprint density at radius 3 is 2.56 bits per heavy atom. The zero-order chi connectivity index (χ0) is 22.3. The first-order chi connectivity index (χ1) is 15.6. The maximum atomic E-state index is 12.3. The summed E-state index contributed by atoms with van der Waals surface area (Å²) in [5.41, 5.74) is 2.01. The van der Waals surface area contributed by atoms with Gasteiger partial charge in [0.25, 0.3) is 5.69 Å². The van der Waals surface area contributed by atoms with Gasteiger partial charge >= 0.3 is 0 Å². The van der Waals surface area contributed by atoms with Crippen molar-refractivity contribution in [2.75, 3.05) is 0 Å². The number of para-hydroxylation sites is 2. The van der Waals surface area contributed by atoms with Gasteiger partial charge in [-0.25, -0.2) is 9.97 Å². The van der Waals surface area contributed by atoms with Crippen LogP contribution in [0.5, 0.6) is 11.6 Å². The number of nitro groups is 1. The highest BCUT2D eigenvalue weighted by Gasteiger charge is 2.08. The van der Waals surface area contributed by atoms with Crippen LogP contribution < -0.4 is 4.74 Å². The third kappa shape index (κ3) is 4.91. The lowest BCUT2D eigenvalue weighted by atomic mass is 10.1. The van der Waals surface area contributed by atoms with Crippen LogP contribution in [0, 0.1) is 10.1 Å². The summed E-state index contributed by atoms with van der Waals surface area (Å²) in [6.45, 7) is 0. The fourth-order valence-corrected chi connectivity index (χ4v) is 3.02. The van der Waals surface area contributed by atoms with Crippen molar-refractivity contribution in [1.82, 2.24) is 9.97 Å². The van der Waals surface area contributed by atoms with E-state index in [9.17, 15) is 14.9 Å². The van der Waals surface area contributed by atoms with Crippen molar-refractivity contribution in [3.05, 3.63) is 113 Å². The minimum atomic E-state index is -0.475. The molecule has 4 aromatic rings. The van der Waals surface area contributed by atoms with Crippen LogP contribution in [-0.4, -0.2) is 20.7 Å². The van der Waals surface area contributed by atoms with Gasteiger partial charge < -0.3 is 4.74 Å². The van der Waals surface area contributed by atoms with E-state index in [1.165, 1.54) is 36.7 Å². The Labute approximate surface area is 183 Å². The predicted octanol–water partition coefficient (Wildman–Crippen LogP) is 5.63. The van der Waals surface area contributed by atoms with Crippen molar-refractivity contribution in [2.45, 2.75) is 0 Å². The first-order valence-electron chi connectivity index (χ1n) is 9.71. The molecule has 0 aliphatic carbocycles. The molecule has 0 bridgehead atoms. The summed E-state index contributed by atoms with van der Waals surface area (Å²) in [4.78, 5) is 31.1. The monoisotopic (exact) mass is 423 g/mol. The number of benzene rings is 3. The highest BCUT2D eigenvalue weighted by molar-refractivity contribution is 6.04. The number of aromatic nitrogens is 2. The number of hydrogen-bond acceptors (Lipinski definition) is 6. The van der Waals surface area contributed by atoms with Crippen molar-refractivity contribution >= 4 is 34.5 Å². The van der Waals surface area contributed by atoms with Crippen LogP contribution >= 0.6 is 0 Å². The number of allylic oxidation sites excluding steroid dienone is 2. The number of nitro benzene ring substituents is 1. The van der Waals surface area contributed by atoms with Crippen LogP contribution in [-0.2, 0) is 4.79 Å². The highest BCUT2D eigenvalue weighted by Crippen LogP contribution is 2.29. The Morgan fingerprint density at radius 2 is 1.69 bits per heavy atom. The van der Waals surface area contributed by atoms with E-state index < -0.39 is 4.92 Å². The molecule has 0 N–H and O–H groups in total. The Bertz CT molecular complexity index is 1360. The number of carbonyl (C=O) groups is 1. The summed E-state index contributed by atoms with van der Waals surface area (Å²) in [7, 11) is 0. The molecule has 0 aliphatic heterocycles. The van der Waals surface area contributed by atoms with Gasteiger partial charge in [-0.2, -0.15) is 0 Å². The lowest BCUT2D eigenvalue weighted by Gasteiger charge is -2.09. The number of fused-ring (bicyclic) bond motifs is 1. The van der Waals surface area contributed by atoms with Gasteiger partial charge in [-0.1, -0.05) is 48.5 Å². The zero-order valence-electron chi connectivity index (χ0n) is 16.8. The van der Waals surface area contributed by atoms with Crippen LogP contribution in [0.1, 0.15) is 11.1 Å². The molecule has 0 atom stereocenters. The topological polar surface area (TPSA) is 95.2 Å². The first-order valence-corrected chi connectivity index (χ1v) is 9.71. The van der Waals surface area contributed by atoms with Gasteiger partial charge in [0.2, 0.25) is 5.88 Å². The molecule has 1 heterocycles. The molecule has 32 heavy (non-hydrogen) atoms. The second-order valence-corrected chi connectivity index (χ2v) is 6.76.